The van der Waals surface area contributed by atoms with Gasteiger partial charge in [-0.05, 0) is 29.8 Å². The van der Waals surface area contributed by atoms with E-state index >= 15 is 0 Å². The van der Waals surface area contributed by atoms with Gasteiger partial charge in [0.05, 0.1) is 20.1 Å². The van der Waals surface area contributed by atoms with E-state index in [4.69, 9.17) is 9.26 Å². The number of benzene rings is 2. The summed E-state index contributed by atoms with van der Waals surface area (Å²) >= 11 is 0. The molecule has 0 bridgehead atoms. The van der Waals surface area contributed by atoms with E-state index < -0.39 is 0 Å². The van der Waals surface area contributed by atoms with E-state index in [-0.39, 0.29) is 12.5 Å². The van der Waals surface area contributed by atoms with Crippen LogP contribution >= 0.6 is 0 Å². The number of carbonyl (C=O) groups excluding carboxylic acids is 1. The molecular weight excluding hydrogens is 306 g/mol. The van der Waals surface area contributed by atoms with Crippen LogP contribution in [0.25, 0.3) is 11.4 Å². The summed E-state index contributed by atoms with van der Waals surface area (Å²) in [5.41, 5.74) is 1.78. The average Bonchev–Trinajstić information content (AvgIpc) is 3.10. The summed E-state index contributed by atoms with van der Waals surface area (Å²) in [6.07, 6.45) is 0.320. The van der Waals surface area contributed by atoms with Crippen molar-refractivity contribution in [3.05, 3.63) is 66.1 Å². The van der Waals surface area contributed by atoms with Crippen LogP contribution in [-0.4, -0.2) is 23.2 Å². The zero-order valence-corrected chi connectivity index (χ0v) is 13.2. The quantitative estimate of drug-likeness (QED) is 0.754. The highest BCUT2D eigenvalue weighted by Gasteiger charge is 2.10. The first-order chi connectivity index (χ1) is 11.7. The fourth-order valence-electron chi connectivity index (χ4n) is 2.20. The summed E-state index contributed by atoms with van der Waals surface area (Å²) in [4.78, 5) is 16.2. The fraction of sp³-hybridized carbons (Fsp3) is 0.167. The molecular formula is C18H17N3O3. The molecule has 0 aliphatic heterocycles. The second-order valence-electron chi connectivity index (χ2n) is 5.18. The van der Waals surface area contributed by atoms with Crippen LogP contribution in [0.2, 0.25) is 0 Å². The smallest absolute Gasteiger partial charge is 0.246 e. The number of ether oxygens (including phenoxy) is 1. The number of hydrogen-bond acceptors (Lipinski definition) is 5. The summed E-state index contributed by atoms with van der Waals surface area (Å²) in [7, 11) is 1.61. The molecule has 0 aliphatic rings. The van der Waals surface area contributed by atoms with E-state index in [0.717, 1.165) is 16.9 Å². The Hall–Kier alpha value is -3.15. The van der Waals surface area contributed by atoms with Gasteiger partial charge in [0.15, 0.2) is 0 Å². The van der Waals surface area contributed by atoms with Crippen LogP contribution in [0, 0.1) is 0 Å². The number of methoxy groups -OCH3 is 1. The predicted molar refractivity (Wildman–Crippen MR) is 88.3 cm³/mol. The van der Waals surface area contributed by atoms with Gasteiger partial charge in [-0.1, -0.05) is 35.5 Å². The lowest BCUT2D eigenvalue weighted by Gasteiger charge is -2.02. The lowest BCUT2D eigenvalue weighted by Crippen LogP contribution is -2.24. The molecule has 6 nitrogen and oxygen atoms in total. The van der Waals surface area contributed by atoms with Gasteiger partial charge >= 0.3 is 0 Å². The molecule has 6 heteroatoms. The Labute approximate surface area is 139 Å². The summed E-state index contributed by atoms with van der Waals surface area (Å²) < 4.78 is 10.3. The maximum Gasteiger partial charge on any atom is 0.246 e. The number of aromatic nitrogens is 2. The molecule has 1 amide bonds. The predicted octanol–water partition coefficient (Wildman–Crippen LogP) is 2.60. The van der Waals surface area contributed by atoms with E-state index in [1.165, 1.54) is 0 Å². The Bertz CT molecular complexity index is 798. The minimum absolute atomic E-state index is 0.0922. The van der Waals surface area contributed by atoms with Crippen molar-refractivity contribution in [2.24, 2.45) is 0 Å². The highest BCUT2D eigenvalue weighted by molar-refractivity contribution is 5.78. The number of nitrogens with one attached hydrogen (secondary N) is 1. The van der Waals surface area contributed by atoms with Crippen molar-refractivity contribution in [3.8, 4) is 17.1 Å². The lowest BCUT2D eigenvalue weighted by molar-refractivity contribution is -0.120. The maximum atomic E-state index is 11.9. The molecule has 0 radical (unpaired) electrons. The van der Waals surface area contributed by atoms with Crippen LogP contribution in [0.5, 0.6) is 5.75 Å². The maximum absolute atomic E-state index is 11.9. The first-order valence-electron chi connectivity index (χ1n) is 7.52. The molecule has 0 fully saturated rings. The van der Waals surface area contributed by atoms with Crippen LogP contribution in [0.15, 0.2) is 59.1 Å². The van der Waals surface area contributed by atoms with Crippen molar-refractivity contribution in [2.45, 2.75) is 13.0 Å². The second-order valence-corrected chi connectivity index (χ2v) is 5.18. The SMILES string of the molecule is COc1ccc(-c2noc(CNC(=O)Cc3ccccc3)n2)cc1. The number of hydrogen-bond donors (Lipinski definition) is 1. The fourth-order valence-corrected chi connectivity index (χ4v) is 2.20. The summed E-state index contributed by atoms with van der Waals surface area (Å²) in [5, 5.41) is 6.70. The lowest BCUT2D eigenvalue weighted by atomic mass is 10.1. The largest absolute Gasteiger partial charge is 0.497 e. The Morgan fingerprint density at radius 2 is 1.88 bits per heavy atom. The highest BCUT2D eigenvalue weighted by Crippen LogP contribution is 2.19. The Kier molecular flexibility index (Phi) is 4.86. The second kappa shape index (κ2) is 7.41. The van der Waals surface area contributed by atoms with E-state index in [1.54, 1.807) is 7.11 Å². The van der Waals surface area contributed by atoms with Gasteiger partial charge in [-0.25, -0.2) is 0 Å². The van der Waals surface area contributed by atoms with E-state index in [1.807, 2.05) is 54.6 Å². The molecule has 0 spiro atoms. The zero-order chi connectivity index (χ0) is 16.8. The van der Waals surface area contributed by atoms with E-state index in [9.17, 15) is 4.79 Å². The number of rotatable bonds is 6. The van der Waals surface area contributed by atoms with Gasteiger partial charge in [-0.3, -0.25) is 4.79 Å². The van der Waals surface area contributed by atoms with Gasteiger partial charge in [0.2, 0.25) is 17.6 Å². The van der Waals surface area contributed by atoms with Gasteiger partial charge in [0, 0.05) is 5.56 Å². The van der Waals surface area contributed by atoms with Crippen molar-refractivity contribution >= 4 is 5.91 Å². The Balaban J connectivity index is 1.56. The van der Waals surface area contributed by atoms with E-state index in [0.29, 0.717) is 18.1 Å². The Morgan fingerprint density at radius 3 is 2.58 bits per heavy atom. The molecule has 1 aromatic heterocycles. The van der Waals surface area contributed by atoms with Crippen molar-refractivity contribution in [2.75, 3.05) is 7.11 Å². The molecule has 2 aromatic carbocycles. The molecule has 3 rings (SSSR count). The zero-order valence-electron chi connectivity index (χ0n) is 13.2. The molecule has 1 heterocycles. The first kappa shape index (κ1) is 15.7. The molecule has 1 N–H and O–H groups in total. The van der Waals surface area contributed by atoms with Gasteiger partial charge < -0.3 is 14.6 Å². The van der Waals surface area contributed by atoms with Crippen LogP contribution in [0.3, 0.4) is 0 Å². The molecule has 3 aromatic rings. The van der Waals surface area contributed by atoms with Gasteiger partial charge in [-0.15, -0.1) is 0 Å². The third kappa shape index (κ3) is 3.98. The van der Waals surface area contributed by atoms with Crippen LogP contribution in [0.1, 0.15) is 11.5 Å². The average molecular weight is 323 g/mol. The van der Waals surface area contributed by atoms with Gasteiger partial charge in [0.25, 0.3) is 0 Å². The minimum Gasteiger partial charge on any atom is -0.497 e. The molecule has 0 saturated heterocycles. The topological polar surface area (TPSA) is 77.3 Å². The van der Waals surface area contributed by atoms with Gasteiger partial charge in [0.1, 0.15) is 5.75 Å². The highest BCUT2D eigenvalue weighted by atomic mass is 16.5. The van der Waals surface area contributed by atoms with Gasteiger partial charge in [-0.2, -0.15) is 4.98 Å². The minimum atomic E-state index is -0.0922. The number of carbonyl (C=O) groups is 1. The molecule has 0 aliphatic carbocycles. The normalized spacial score (nSPS) is 10.4. The summed E-state index contributed by atoms with van der Waals surface area (Å²) in [5.74, 6) is 1.51. The molecule has 24 heavy (non-hydrogen) atoms. The van der Waals surface area contributed by atoms with Crippen LogP contribution in [-0.2, 0) is 17.8 Å². The Morgan fingerprint density at radius 1 is 1.12 bits per heavy atom. The van der Waals surface area contributed by atoms with Crippen molar-refractivity contribution in [3.63, 3.8) is 0 Å². The first-order valence-corrected chi connectivity index (χ1v) is 7.52. The van der Waals surface area contributed by atoms with E-state index in [2.05, 4.69) is 15.5 Å². The number of nitrogens with zero attached hydrogens (tertiary/aromatic N) is 2. The van der Waals surface area contributed by atoms with Crippen molar-refractivity contribution in [1.82, 2.24) is 15.5 Å². The standard InChI is InChI=1S/C18H17N3O3/c1-23-15-9-7-14(8-10-15)18-20-17(24-21-18)12-19-16(22)11-13-5-3-2-4-6-13/h2-10H,11-12H2,1H3,(H,19,22). The monoisotopic (exact) mass is 323 g/mol. The number of amides is 1. The molecule has 122 valence electrons. The van der Waals surface area contributed by atoms with Crippen LogP contribution in [0.4, 0.5) is 0 Å². The third-order valence-electron chi connectivity index (χ3n) is 3.46. The summed E-state index contributed by atoms with van der Waals surface area (Å²) in [6, 6.07) is 16.9. The van der Waals surface area contributed by atoms with Crippen molar-refractivity contribution in [1.29, 1.82) is 0 Å². The third-order valence-corrected chi connectivity index (χ3v) is 3.46. The molecule has 0 atom stereocenters. The molecule has 0 unspecified atom stereocenters. The van der Waals surface area contributed by atoms with Crippen LogP contribution < -0.4 is 10.1 Å². The molecule has 0 saturated carbocycles. The summed E-state index contributed by atoms with van der Waals surface area (Å²) in [6.45, 7) is 0.203. The van der Waals surface area contributed by atoms with Crippen molar-refractivity contribution < 1.29 is 14.1 Å².